The maximum absolute atomic E-state index is 12.8. The fraction of sp³-hybridized carbons (Fsp3) is 0.609. The minimum atomic E-state index is -0.108. The van der Waals surface area contributed by atoms with Crippen molar-refractivity contribution >= 4 is 35.2 Å². The van der Waals surface area contributed by atoms with Gasteiger partial charge in [-0.2, -0.15) is 0 Å². The summed E-state index contributed by atoms with van der Waals surface area (Å²) < 4.78 is 0. The normalized spacial score (nSPS) is 20.5. The molecular formula is C23H31N3O3S. The van der Waals surface area contributed by atoms with E-state index in [0.717, 1.165) is 56.5 Å². The van der Waals surface area contributed by atoms with Gasteiger partial charge in [0.15, 0.2) is 0 Å². The molecule has 0 aromatic heterocycles. The van der Waals surface area contributed by atoms with Gasteiger partial charge in [-0.15, -0.1) is 11.8 Å². The van der Waals surface area contributed by atoms with Crippen molar-refractivity contribution in [2.45, 2.75) is 68.7 Å². The molecule has 0 unspecified atom stereocenters. The molecule has 0 radical (unpaired) electrons. The molecule has 30 heavy (non-hydrogen) atoms. The number of carbonyl (C=O) groups excluding carboxylic acids is 3. The van der Waals surface area contributed by atoms with Gasteiger partial charge < -0.3 is 15.1 Å². The molecule has 7 heteroatoms. The number of fused-ring (bicyclic) bond motifs is 1. The van der Waals surface area contributed by atoms with Crippen molar-refractivity contribution in [1.29, 1.82) is 0 Å². The van der Waals surface area contributed by atoms with Gasteiger partial charge in [-0.25, -0.2) is 0 Å². The predicted octanol–water partition coefficient (Wildman–Crippen LogP) is 3.59. The smallest absolute Gasteiger partial charge is 0.253 e. The molecule has 0 atom stereocenters. The highest BCUT2D eigenvalue weighted by Gasteiger charge is 2.29. The van der Waals surface area contributed by atoms with Crippen LogP contribution in [0.25, 0.3) is 0 Å². The molecule has 1 aliphatic carbocycles. The Bertz CT molecular complexity index is 799. The summed E-state index contributed by atoms with van der Waals surface area (Å²) in [4.78, 5) is 42.6. The van der Waals surface area contributed by atoms with E-state index in [0.29, 0.717) is 17.0 Å². The zero-order valence-electron chi connectivity index (χ0n) is 17.5. The fourth-order valence-corrected chi connectivity index (χ4v) is 5.54. The highest BCUT2D eigenvalue weighted by molar-refractivity contribution is 8.00. The van der Waals surface area contributed by atoms with E-state index in [4.69, 9.17) is 0 Å². The molecule has 1 N–H and O–H groups in total. The van der Waals surface area contributed by atoms with Crippen LogP contribution in [0.5, 0.6) is 0 Å². The molecule has 2 aliphatic heterocycles. The van der Waals surface area contributed by atoms with Crippen LogP contribution < -0.4 is 10.2 Å². The number of hydrogen-bond donors (Lipinski definition) is 1. The minimum absolute atomic E-state index is 0.0113. The Labute approximate surface area is 182 Å². The third kappa shape index (κ3) is 4.99. The molecule has 6 nitrogen and oxygen atoms in total. The van der Waals surface area contributed by atoms with E-state index in [2.05, 4.69) is 5.32 Å². The Morgan fingerprint density at radius 2 is 1.70 bits per heavy atom. The SMILES string of the molecule is O=C(CN1C(=O)CSc2ccc(C(=O)N3CCCC3)cc21)NC1CCCCCCC1. The predicted molar refractivity (Wildman–Crippen MR) is 119 cm³/mol. The van der Waals surface area contributed by atoms with Crippen molar-refractivity contribution in [3.8, 4) is 0 Å². The van der Waals surface area contributed by atoms with E-state index >= 15 is 0 Å². The average molecular weight is 430 g/mol. The number of nitrogens with zero attached hydrogens (tertiary/aromatic N) is 2. The number of benzene rings is 1. The molecule has 4 rings (SSSR count). The van der Waals surface area contributed by atoms with Crippen molar-refractivity contribution in [1.82, 2.24) is 10.2 Å². The molecule has 1 aromatic carbocycles. The van der Waals surface area contributed by atoms with Crippen molar-refractivity contribution in [2.75, 3.05) is 30.3 Å². The van der Waals surface area contributed by atoms with Gasteiger partial charge in [0, 0.05) is 29.6 Å². The van der Waals surface area contributed by atoms with E-state index in [1.807, 2.05) is 17.0 Å². The summed E-state index contributed by atoms with van der Waals surface area (Å²) in [5.74, 6) is 0.148. The summed E-state index contributed by atoms with van der Waals surface area (Å²) in [6.07, 6.45) is 10.2. The highest BCUT2D eigenvalue weighted by atomic mass is 32.2. The number of nitrogens with one attached hydrogen (secondary N) is 1. The number of hydrogen-bond acceptors (Lipinski definition) is 4. The van der Waals surface area contributed by atoms with Crippen LogP contribution in [0.1, 0.15) is 68.1 Å². The van der Waals surface area contributed by atoms with Gasteiger partial charge in [0.2, 0.25) is 11.8 Å². The second-order valence-corrected chi connectivity index (χ2v) is 9.58. The van der Waals surface area contributed by atoms with Crippen LogP contribution in [-0.4, -0.2) is 54.1 Å². The monoisotopic (exact) mass is 429 g/mol. The first-order valence-electron chi connectivity index (χ1n) is 11.3. The Balaban J connectivity index is 1.46. The molecule has 1 saturated carbocycles. The Kier molecular flexibility index (Phi) is 6.97. The lowest BCUT2D eigenvalue weighted by atomic mass is 9.97. The van der Waals surface area contributed by atoms with Crippen LogP contribution in [0, 0.1) is 0 Å². The number of likely N-dealkylation sites (tertiary alicyclic amines) is 1. The van der Waals surface area contributed by atoms with Crippen LogP contribution in [-0.2, 0) is 9.59 Å². The molecule has 3 aliphatic rings. The molecule has 0 bridgehead atoms. The van der Waals surface area contributed by atoms with Gasteiger partial charge in [0.05, 0.1) is 11.4 Å². The van der Waals surface area contributed by atoms with Gasteiger partial charge in [-0.3, -0.25) is 14.4 Å². The topological polar surface area (TPSA) is 69.7 Å². The van der Waals surface area contributed by atoms with E-state index in [-0.39, 0.29) is 30.3 Å². The molecular weight excluding hydrogens is 398 g/mol. The number of rotatable bonds is 4. The molecule has 162 valence electrons. The van der Waals surface area contributed by atoms with Crippen LogP contribution in [0.3, 0.4) is 0 Å². The third-order valence-corrected chi connectivity index (χ3v) is 7.36. The molecule has 1 saturated heterocycles. The Morgan fingerprint density at radius 1 is 1.00 bits per heavy atom. The summed E-state index contributed by atoms with van der Waals surface area (Å²) in [5, 5.41) is 3.15. The van der Waals surface area contributed by atoms with Crippen molar-refractivity contribution in [3.63, 3.8) is 0 Å². The van der Waals surface area contributed by atoms with Crippen LogP contribution in [0.2, 0.25) is 0 Å². The highest BCUT2D eigenvalue weighted by Crippen LogP contribution is 2.36. The van der Waals surface area contributed by atoms with Crippen LogP contribution in [0.4, 0.5) is 5.69 Å². The van der Waals surface area contributed by atoms with Gasteiger partial charge >= 0.3 is 0 Å². The first-order chi connectivity index (χ1) is 14.6. The van der Waals surface area contributed by atoms with Gasteiger partial charge in [-0.05, 0) is 43.9 Å². The zero-order chi connectivity index (χ0) is 20.9. The first kappa shape index (κ1) is 21.2. The minimum Gasteiger partial charge on any atom is -0.352 e. The molecule has 0 spiro atoms. The summed E-state index contributed by atoms with van der Waals surface area (Å²) in [7, 11) is 0. The lowest BCUT2D eigenvalue weighted by Crippen LogP contribution is -2.46. The van der Waals surface area contributed by atoms with Gasteiger partial charge in [0.1, 0.15) is 6.54 Å². The summed E-state index contributed by atoms with van der Waals surface area (Å²) in [6.45, 7) is 1.60. The fourth-order valence-electron chi connectivity index (χ4n) is 4.63. The quantitative estimate of drug-likeness (QED) is 0.794. The molecule has 2 fully saturated rings. The third-order valence-electron chi connectivity index (χ3n) is 6.31. The number of amides is 3. The largest absolute Gasteiger partial charge is 0.352 e. The van der Waals surface area contributed by atoms with Crippen molar-refractivity contribution in [3.05, 3.63) is 23.8 Å². The zero-order valence-corrected chi connectivity index (χ0v) is 18.3. The second kappa shape index (κ2) is 9.86. The summed E-state index contributed by atoms with van der Waals surface area (Å²) in [5.41, 5.74) is 1.28. The van der Waals surface area contributed by atoms with Crippen molar-refractivity contribution < 1.29 is 14.4 Å². The maximum atomic E-state index is 12.8. The van der Waals surface area contributed by atoms with Gasteiger partial charge in [0.25, 0.3) is 5.91 Å². The number of thioether (sulfide) groups is 1. The molecule has 3 amide bonds. The standard InChI is InChI=1S/C23H31N3O3S/c27-21(24-18-8-4-2-1-3-5-9-18)15-26-19-14-17(23(29)25-12-6-7-13-25)10-11-20(19)30-16-22(26)28/h10-11,14,18H,1-9,12-13,15-16H2,(H,24,27). The van der Waals surface area contributed by atoms with Crippen LogP contribution >= 0.6 is 11.8 Å². The second-order valence-electron chi connectivity index (χ2n) is 8.56. The summed E-state index contributed by atoms with van der Waals surface area (Å²) in [6, 6.07) is 5.75. The van der Waals surface area contributed by atoms with E-state index < -0.39 is 0 Å². The Hall–Kier alpha value is -2.02. The molecule has 2 heterocycles. The molecule has 1 aromatic rings. The average Bonchev–Trinajstić information content (AvgIpc) is 3.26. The van der Waals surface area contributed by atoms with Crippen LogP contribution in [0.15, 0.2) is 23.1 Å². The first-order valence-corrected chi connectivity index (χ1v) is 12.3. The lowest BCUT2D eigenvalue weighted by Gasteiger charge is -2.30. The number of carbonyl (C=O) groups is 3. The maximum Gasteiger partial charge on any atom is 0.253 e. The Morgan fingerprint density at radius 3 is 2.43 bits per heavy atom. The van der Waals surface area contributed by atoms with Crippen molar-refractivity contribution in [2.24, 2.45) is 0 Å². The van der Waals surface area contributed by atoms with Gasteiger partial charge in [-0.1, -0.05) is 32.1 Å². The lowest BCUT2D eigenvalue weighted by molar-refractivity contribution is -0.123. The van der Waals surface area contributed by atoms with E-state index in [1.165, 1.54) is 31.0 Å². The number of anilines is 1. The van der Waals surface area contributed by atoms with E-state index in [9.17, 15) is 14.4 Å². The van der Waals surface area contributed by atoms with E-state index in [1.54, 1.807) is 11.0 Å². The summed E-state index contributed by atoms with van der Waals surface area (Å²) >= 11 is 1.47.